The van der Waals surface area contributed by atoms with Crippen molar-refractivity contribution in [2.45, 2.75) is 72.8 Å². The van der Waals surface area contributed by atoms with E-state index in [1.165, 1.54) is 29.7 Å². The Bertz CT molecular complexity index is 1110. The zero-order chi connectivity index (χ0) is 26.0. The Morgan fingerprint density at radius 3 is 2.23 bits per heavy atom. The lowest BCUT2D eigenvalue weighted by Gasteiger charge is -2.21. The third-order valence-electron chi connectivity index (χ3n) is 5.33. The summed E-state index contributed by atoms with van der Waals surface area (Å²) in [6, 6.07) is 7.03. The molecule has 0 fully saturated rings. The first-order chi connectivity index (χ1) is 16.5. The van der Waals surface area contributed by atoms with Gasteiger partial charge in [0, 0.05) is 13.6 Å². The SMILES string of the molecule is CC1=CCC=C(C)C=C1.CCCn1c(COCc2ccc(OC(C)(C)C(=O)O)cc2)nn(C)c1=O. The van der Waals surface area contributed by atoms with Crippen molar-refractivity contribution in [1.29, 1.82) is 0 Å². The van der Waals surface area contributed by atoms with E-state index in [4.69, 9.17) is 14.6 Å². The molecule has 0 bridgehead atoms. The number of rotatable bonds is 9. The average molecular weight is 484 g/mol. The van der Waals surface area contributed by atoms with Crippen LogP contribution in [0.2, 0.25) is 0 Å². The molecule has 2 aromatic rings. The molecule has 1 aromatic carbocycles. The molecule has 0 aliphatic heterocycles. The first kappa shape index (κ1) is 27.9. The Morgan fingerprint density at radius 1 is 1.09 bits per heavy atom. The largest absolute Gasteiger partial charge is 0.478 e. The molecule has 35 heavy (non-hydrogen) atoms. The van der Waals surface area contributed by atoms with Crippen LogP contribution in [0.5, 0.6) is 5.75 Å². The molecular weight excluding hydrogens is 446 g/mol. The minimum atomic E-state index is -1.29. The van der Waals surface area contributed by atoms with Crippen LogP contribution >= 0.6 is 0 Å². The van der Waals surface area contributed by atoms with Gasteiger partial charge in [-0.25, -0.2) is 14.3 Å². The number of carbonyl (C=O) groups is 1. The predicted molar refractivity (Wildman–Crippen MR) is 136 cm³/mol. The number of carboxylic acids is 1. The summed E-state index contributed by atoms with van der Waals surface area (Å²) in [6.07, 6.45) is 10.7. The third-order valence-corrected chi connectivity index (χ3v) is 5.33. The van der Waals surface area contributed by atoms with Gasteiger partial charge in [0.25, 0.3) is 0 Å². The van der Waals surface area contributed by atoms with Crippen molar-refractivity contribution in [3.8, 4) is 5.75 Å². The van der Waals surface area contributed by atoms with E-state index in [9.17, 15) is 9.59 Å². The minimum Gasteiger partial charge on any atom is -0.478 e. The number of benzene rings is 1. The summed E-state index contributed by atoms with van der Waals surface area (Å²) >= 11 is 0. The molecule has 8 heteroatoms. The van der Waals surface area contributed by atoms with Crippen LogP contribution in [0.1, 0.15) is 58.8 Å². The Balaban J connectivity index is 0.000000402. The molecule has 0 saturated carbocycles. The number of aliphatic carboxylic acids is 1. The third kappa shape index (κ3) is 8.72. The molecule has 3 rings (SSSR count). The quantitative estimate of drug-likeness (QED) is 0.551. The summed E-state index contributed by atoms with van der Waals surface area (Å²) in [7, 11) is 1.62. The molecule has 0 atom stereocenters. The zero-order valence-electron chi connectivity index (χ0n) is 21.6. The molecule has 1 aliphatic carbocycles. The maximum absolute atomic E-state index is 12.0. The van der Waals surface area contributed by atoms with E-state index < -0.39 is 11.6 Å². The van der Waals surface area contributed by atoms with Crippen molar-refractivity contribution in [2.24, 2.45) is 7.05 Å². The van der Waals surface area contributed by atoms with Crippen LogP contribution in [0.3, 0.4) is 0 Å². The van der Waals surface area contributed by atoms with Crippen molar-refractivity contribution in [3.63, 3.8) is 0 Å². The number of ether oxygens (including phenoxy) is 2. The van der Waals surface area contributed by atoms with E-state index in [0.29, 0.717) is 24.7 Å². The number of hydrogen-bond acceptors (Lipinski definition) is 5. The van der Waals surface area contributed by atoms with Gasteiger partial charge in [0.05, 0.1) is 6.61 Å². The fourth-order valence-corrected chi connectivity index (χ4v) is 3.19. The normalized spacial score (nSPS) is 13.3. The second-order valence-corrected chi connectivity index (χ2v) is 8.99. The van der Waals surface area contributed by atoms with Crippen molar-refractivity contribution in [2.75, 3.05) is 0 Å². The molecule has 8 nitrogen and oxygen atoms in total. The molecule has 1 aliphatic rings. The number of aromatic nitrogens is 3. The molecule has 1 N–H and O–H groups in total. The minimum absolute atomic E-state index is 0.145. The molecule has 0 saturated heterocycles. The van der Waals surface area contributed by atoms with E-state index in [-0.39, 0.29) is 12.3 Å². The lowest BCUT2D eigenvalue weighted by molar-refractivity contribution is -0.152. The lowest BCUT2D eigenvalue weighted by atomic mass is 10.1. The summed E-state index contributed by atoms with van der Waals surface area (Å²) in [5.41, 5.74) is 2.20. The van der Waals surface area contributed by atoms with Gasteiger partial charge >= 0.3 is 11.7 Å². The molecule has 1 heterocycles. The maximum atomic E-state index is 12.0. The predicted octanol–water partition coefficient (Wildman–Crippen LogP) is 4.79. The highest BCUT2D eigenvalue weighted by atomic mass is 16.5. The number of nitrogens with zero attached hydrogens (tertiary/aromatic N) is 3. The van der Waals surface area contributed by atoms with Gasteiger partial charge in [-0.3, -0.25) is 4.57 Å². The van der Waals surface area contributed by atoms with Crippen LogP contribution < -0.4 is 10.4 Å². The highest BCUT2D eigenvalue weighted by Gasteiger charge is 2.29. The van der Waals surface area contributed by atoms with E-state index in [1.807, 2.05) is 19.1 Å². The molecular formula is C27H37N3O5. The number of aryl methyl sites for hydroxylation is 1. The summed E-state index contributed by atoms with van der Waals surface area (Å²) < 4.78 is 14.1. The number of hydrogen-bond donors (Lipinski definition) is 1. The number of allylic oxidation sites excluding steroid dienone is 6. The first-order valence-corrected chi connectivity index (χ1v) is 11.8. The first-order valence-electron chi connectivity index (χ1n) is 11.8. The fourth-order valence-electron chi connectivity index (χ4n) is 3.19. The van der Waals surface area contributed by atoms with Crippen LogP contribution in [-0.4, -0.2) is 31.0 Å². The molecule has 0 radical (unpaired) electrons. The average Bonchev–Trinajstić information content (AvgIpc) is 2.94. The smallest absolute Gasteiger partial charge is 0.347 e. The van der Waals surface area contributed by atoms with Gasteiger partial charge in [0.2, 0.25) is 0 Å². The van der Waals surface area contributed by atoms with Crippen LogP contribution in [-0.2, 0) is 36.3 Å². The van der Waals surface area contributed by atoms with Gasteiger partial charge in [0.1, 0.15) is 12.4 Å². The van der Waals surface area contributed by atoms with E-state index in [1.54, 1.807) is 23.7 Å². The van der Waals surface area contributed by atoms with E-state index in [2.05, 4.69) is 43.3 Å². The highest BCUT2D eigenvalue weighted by molar-refractivity contribution is 5.76. The van der Waals surface area contributed by atoms with E-state index in [0.717, 1.165) is 18.4 Å². The Hall–Kier alpha value is -3.39. The van der Waals surface area contributed by atoms with Crippen molar-refractivity contribution >= 4 is 5.97 Å². The Kier molecular flexibility index (Phi) is 10.3. The lowest BCUT2D eigenvalue weighted by Crippen LogP contribution is -2.37. The fraction of sp³-hybridized carbons (Fsp3) is 0.444. The van der Waals surface area contributed by atoms with Gasteiger partial charge < -0.3 is 14.6 Å². The zero-order valence-corrected chi connectivity index (χ0v) is 21.6. The second-order valence-electron chi connectivity index (χ2n) is 8.99. The van der Waals surface area contributed by atoms with E-state index >= 15 is 0 Å². The number of carboxylic acid groups (broad SMARTS) is 1. The van der Waals surface area contributed by atoms with Gasteiger partial charge in [-0.2, -0.15) is 5.10 Å². The molecule has 190 valence electrons. The Morgan fingerprint density at radius 2 is 1.69 bits per heavy atom. The van der Waals surface area contributed by atoms with Crippen molar-refractivity contribution in [3.05, 3.63) is 81.6 Å². The van der Waals surface area contributed by atoms with Gasteiger partial charge in [-0.1, -0.05) is 54.5 Å². The molecule has 0 unspecified atom stereocenters. The van der Waals surface area contributed by atoms with Crippen LogP contribution in [0.4, 0.5) is 0 Å². The second kappa shape index (κ2) is 12.9. The molecule has 0 amide bonds. The van der Waals surface area contributed by atoms with Gasteiger partial charge in [-0.05, 0) is 58.2 Å². The topological polar surface area (TPSA) is 95.6 Å². The molecule has 1 aromatic heterocycles. The summed E-state index contributed by atoms with van der Waals surface area (Å²) in [6.45, 7) is 10.4. The van der Waals surface area contributed by atoms with Crippen LogP contribution in [0.25, 0.3) is 0 Å². The van der Waals surface area contributed by atoms with Gasteiger partial charge in [0.15, 0.2) is 11.4 Å². The van der Waals surface area contributed by atoms with Crippen LogP contribution in [0, 0.1) is 0 Å². The summed E-state index contributed by atoms with van der Waals surface area (Å²) in [5.74, 6) is 0.0450. The van der Waals surface area contributed by atoms with Crippen molar-refractivity contribution in [1.82, 2.24) is 14.3 Å². The summed E-state index contributed by atoms with van der Waals surface area (Å²) in [5, 5.41) is 13.3. The summed E-state index contributed by atoms with van der Waals surface area (Å²) in [4.78, 5) is 23.1. The Labute approximate surface area is 207 Å². The molecule has 0 spiro atoms. The standard InChI is InChI=1S/C18H25N3O5.C9H12/c1-5-10-21-15(19-20(4)17(21)24)12-25-11-13-6-8-14(9-7-13)26-18(2,3)16(22)23;1-8-4-3-5-9(2)7-6-8/h6-9H,5,10-12H2,1-4H3,(H,22,23);4-7H,3H2,1-2H3. The maximum Gasteiger partial charge on any atom is 0.347 e. The van der Waals surface area contributed by atoms with Crippen LogP contribution in [0.15, 0.2) is 64.5 Å². The monoisotopic (exact) mass is 483 g/mol. The van der Waals surface area contributed by atoms with Gasteiger partial charge in [-0.15, -0.1) is 0 Å². The highest BCUT2D eigenvalue weighted by Crippen LogP contribution is 2.19. The van der Waals surface area contributed by atoms with Crippen molar-refractivity contribution < 1.29 is 19.4 Å².